The molecular weight excluding hydrogens is 447 g/mol. The summed E-state index contributed by atoms with van der Waals surface area (Å²) in [6, 6.07) is 16.1. The molecule has 4 amide bonds. The van der Waals surface area contributed by atoms with Crippen molar-refractivity contribution in [3.8, 4) is 5.75 Å². The molecule has 1 aliphatic heterocycles. The summed E-state index contributed by atoms with van der Waals surface area (Å²) in [4.78, 5) is 39.2. The molecule has 0 atom stereocenters. The van der Waals surface area contributed by atoms with Crippen molar-refractivity contribution in [1.82, 2.24) is 5.32 Å². The Hall–Kier alpha value is -4.26. The Morgan fingerprint density at radius 1 is 0.943 bits per heavy atom. The molecule has 4 rings (SSSR count). The fourth-order valence-corrected chi connectivity index (χ4v) is 3.87. The van der Waals surface area contributed by atoms with E-state index in [1.54, 1.807) is 48.5 Å². The van der Waals surface area contributed by atoms with Gasteiger partial charge in [-0.3, -0.25) is 14.9 Å². The van der Waals surface area contributed by atoms with Crippen LogP contribution >= 0.6 is 0 Å². The molecular formula is C28H25FN2O4. The standard InChI is InChI=1S/C28H25FN2O4/c1-4-35-25-15-19(10-11-21(25)16-20-7-5-6-8-24(20)29)14-23-26(32)30-28(34)31(27(23)33)22-12-9-17(2)18(3)13-22/h5-15H,4,16H2,1-3H3,(H,30,32,34)/b23-14+. The number of hydrogen-bond donors (Lipinski definition) is 1. The quantitative estimate of drug-likeness (QED) is 0.400. The molecule has 35 heavy (non-hydrogen) atoms. The van der Waals surface area contributed by atoms with Gasteiger partial charge in [0.1, 0.15) is 17.1 Å². The maximum Gasteiger partial charge on any atom is 0.335 e. The number of rotatable bonds is 6. The monoisotopic (exact) mass is 472 g/mol. The topological polar surface area (TPSA) is 75.7 Å². The Morgan fingerprint density at radius 2 is 1.71 bits per heavy atom. The number of hydrogen-bond acceptors (Lipinski definition) is 4. The van der Waals surface area contributed by atoms with E-state index in [9.17, 15) is 18.8 Å². The lowest BCUT2D eigenvalue weighted by atomic mass is 10.00. The average Bonchev–Trinajstić information content (AvgIpc) is 2.82. The van der Waals surface area contributed by atoms with E-state index < -0.39 is 17.8 Å². The second kappa shape index (κ2) is 9.93. The predicted octanol–water partition coefficient (Wildman–Crippen LogP) is 5.10. The van der Waals surface area contributed by atoms with Gasteiger partial charge in [0.2, 0.25) is 0 Å². The zero-order chi connectivity index (χ0) is 25.1. The molecule has 1 fully saturated rings. The third-order valence-electron chi connectivity index (χ3n) is 5.89. The van der Waals surface area contributed by atoms with Crippen LogP contribution in [0.3, 0.4) is 0 Å². The van der Waals surface area contributed by atoms with Crippen LogP contribution in [0.15, 0.2) is 66.2 Å². The summed E-state index contributed by atoms with van der Waals surface area (Å²) in [5.74, 6) is -1.26. The third kappa shape index (κ3) is 4.99. The fourth-order valence-electron chi connectivity index (χ4n) is 3.87. The van der Waals surface area contributed by atoms with Gasteiger partial charge in [-0.1, -0.05) is 36.4 Å². The number of amides is 4. The number of ether oxygens (including phenoxy) is 1. The van der Waals surface area contributed by atoms with Crippen LogP contribution < -0.4 is 15.0 Å². The molecule has 1 heterocycles. The molecule has 0 aliphatic carbocycles. The molecule has 1 aliphatic rings. The van der Waals surface area contributed by atoms with E-state index in [4.69, 9.17) is 4.74 Å². The van der Waals surface area contributed by atoms with Crippen LogP contribution in [0.1, 0.15) is 34.7 Å². The van der Waals surface area contributed by atoms with E-state index in [1.807, 2.05) is 26.8 Å². The number of halogens is 1. The highest BCUT2D eigenvalue weighted by Gasteiger charge is 2.36. The minimum absolute atomic E-state index is 0.174. The van der Waals surface area contributed by atoms with Crippen LogP contribution in [-0.2, 0) is 16.0 Å². The Kier molecular flexibility index (Phi) is 6.78. The molecule has 0 unspecified atom stereocenters. The number of carbonyl (C=O) groups excluding carboxylic acids is 3. The van der Waals surface area contributed by atoms with E-state index in [-0.39, 0.29) is 11.4 Å². The summed E-state index contributed by atoms with van der Waals surface area (Å²) in [7, 11) is 0. The SMILES string of the molecule is CCOc1cc(/C=C2\C(=O)NC(=O)N(c3ccc(C)c(C)c3)C2=O)ccc1Cc1ccccc1F. The van der Waals surface area contributed by atoms with Crippen LogP contribution in [0, 0.1) is 19.7 Å². The van der Waals surface area contributed by atoms with Gasteiger partial charge in [0, 0.05) is 6.42 Å². The lowest BCUT2D eigenvalue weighted by Gasteiger charge is -2.27. The molecule has 7 heteroatoms. The van der Waals surface area contributed by atoms with Gasteiger partial charge in [0.25, 0.3) is 11.8 Å². The van der Waals surface area contributed by atoms with E-state index in [1.165, 1.54) is 12.1 Å². The molecule has 0 radical (unpaired) electrons. The van der Waals surface area contributed by atoms with E-state index in [2.05, 4.69) is 5.32 Å². The van der Waals surface area contributed by atoms with Crippen LogP contribution in [0.5, 0.6) is 5.75 Å². The van der Waals surface area contributed by atoms with Gasteiger partial charge in [0.05, 0.1) is 12.3 Å². The van der Waals surface area contributed by atoms with Crippen molar-refractivity contribution in [2.45, 2.75) is 27.2 Å². The zero-order valence-electron chi connectivity index (χ0n) is 19.7. The van der Waals surface area contributed by atoms with Gasteiger partial charge in [-0.2, -0.15) is 0 Å². The Morgan fingerprint density at radius 3 is 2.43 bits per heavy atom. The minimum Gasteiger partial charge on any atom is -0.494 e. The van der Waals surface area contributed by atoms with Gasteiger partial charge in [-0.05, 0) is 78.9 Å². The second-order valence-electron chi connectivity index (χ2n) is 8.29. The van der Waals surface area contributed by atoms with E-state index >= 15 is 0 Å². The number of nitrogens with zero attached hydrogens (tertiary/aromatic N) is 1. The van der Waals surface area contributed by atoms with E-state index in [0.29, 0.717) is 35.6 Å². The minimum atomic E-state index is -0.796. The highest BCUT2D eigenvalue weighted by atomic mass is 19.1. The molecule has 0 saturated carbocycles. The zero-order valence-corrected chi connectivity index (χ0v) is 19.7. The number of imide groups is 2. The number of benzene rings is 3. The van der Waals surface area contributed by atoms with Crippen molar-refractivity contribution >= 4 is 29.6 Å². The molecule has 0 spiro atoms. The van der Waals surface area contributed by atoms with Gasteiger partial charge in [-0.15, -0.1) is 0 Å². The van der Waals surface area contributed by atoms with E-state index in [0.717, 1.165) is 21.6 Å². The van der Waals surface area contributed by atoms with Crippen LogP contribution in [0.25, 0.3) is 6.08 Å². The maximum atomic E-state index is 14.2. The first-order valence-corrected chi connectivity index (χ1v) is 11.3. The summed E-state index contributed by atoms with van der Waals surface area (Å²) in [6.07, 6.45) is 1.75. The molecule has 0 bridgehead atoms. The predicted molar refractivity (Wildman–Crippen MR) is 132 cm³/mol. The van der Waals surface area contributed by atoms with Gasteiger partial charge < -0.3 is 4.74 Å². The van der Waals surface area contributed by atoms with Crippen molar-refractivity contribution in [3.05, 3.63) is 99.9 Å². The number of carbonyl (C=O) groups is 3. The van der Waals surface area contributed by atoms with Crippen molar-refractivity contribution in [1.29, 1.82) is 0 Å². The second-order valence-corrected chi connectivity index (χ2v) is 8.29. The van der Waals surface area contributed by atoms with Gasteiger partial charge in [-0.25, -0.2) is 14.1 Å². The van der Waals surface area contributed by atoms with Crippen LogP contribution in [0.4, 0.5) is 14.9 Å². The van der Waals surface area contributed by atoms with Crippen LogP contribution in [-0.4, -0.2) is 24.5 Å². The fraction of sp³-hybridized carbons (Fsp3) is 0.179. The van der Waals surface area contributed by atoms with Gasteiger partial charge in [0.15, 0.2) is 0 Å². The first kappa shape index (κ1) is 23.9. The molecule has 6 nitrogen and oxygen atoms in total. The Labute approximate surface area is 203 Å². The first-order valence-electron chi connectivity index (χ1n) is 11.3. The number of nitrogens with one attached hydrogen (secondary N) is 1. The molecule has 3 aromatic carbocycles. The van der Waals surface area contributed by atoms with Crippen molar-refractivity contribution in [2.24, 2.45) is 0 Å². The number of urea groups is 1. The van der Waals surface area contributed by atoms with Crippen molar-refractivity contribution in [3.63, 3.8) is 0 Å². The number of barbiturate groups is 1. The lowest BCUT2D eigenvalue weighted by Crippen LogP contribution is -2.54. The molecule has 1 saturated heterocycles. The Bertz CT molecular complexity index is 1360. The largest absolute Gasteiger partial charge is 0.494 e. The highest BCUT2D eigenvalue weighted by molar-refractivity contribution is 6.39. The normalized spacial score (nSPS) is 14.9. The Balaban J connectivity index is 1.68. The van der Waals surface area contributed by atoms with Crippen molar-refractivity contribution < 1.29 is 23.5 Å². The molecule has 1 N–H and O–H groups in total. The highest BCUT2D eigenvalue weighted by Crippen LogP contribution is 2.28. The maximum absolute atomic E-state index is 14.2. The molecule has 0 aromatic heterocycles. The summed E-state index contributed by atoms with van der Waals surface area (Å²) >= 11 is 0. The molecule has 178 valence electrons. The molecule has 3 aromatic rings. The first-order chi connectivity index (χ1) is 16.8. The average molecular weight is 473 g/mol. The van der Waals surface area contributed by atoms with Gasteiger partial charge >= 0.3 is 6.03 Å². The lowest BCUT2D eigenvalue weighted by molar-refractivity contribution is -0.122. The smallest absolute Gasteiger partial charge is 0.335 e. The van der Waals surface area contributed by atoms with Crippen molar-refractivity contribution in [2.75, 3.05) is 11.5 Å². The third-order valence-corrected chi connectivity index (χ3v) is 5.89. The number of anilines is 1. The van der Waals surface area contributed by atoms with Crippen LogP contribution in [0.2, 0.25) is 0 Å². The number of aryl methyl sites for hydroxylation is 2. The summed E-state index contributed by atoms with van der Waals surface area (Å²) in [6.45, 7) is 6.03. The summed E-state index contributed by atoms with van der Waals surface area (Å²) in [5.41, 5.74) is 3.98. The summed E-state index contributed by atoms with van der Waals surface area (Å²) < 4.78 is 19.9. The summed E-state index contributed by atoms with van der Waals surface area (Å²) in [5, 5.41) is 2.24.